The number of hydrogen-bond acceptors (Lipinski definition) is 6. The number of rotatable bonds is 6. The fourth-order valence-corrected chi connectivity index (χ4v) is 2.67. The Hall–Kier alpha value is -3.16. The Morgan fingerprint density at radius 3 is 2.62 bits per heavy atom. The lowest BCUT2D eigenvalue weighted by Gasteiger charge is -2.20. The zero-order valence-corrected chi connectivity index (χ0v) is 15.3. The first-order valence-electron chi connectivity index (χ1n) is 8.26. The predicted octanol–water partition coefficient (Wildman–Crippen LogP) is 2.11. The lowest BCUT2D eigenvalue weighted by Crippen LogP contribution is -2.31. The highest BCUT2D eigenvalue weighted by atomic mass is 16.5. The summed E-state index contributed by atoms with van der Waals surface area (Å²) in [6.45, 7) is 4.74. The van der Waals surface area contributed by atoms with Crippen molar-refractivity contribution in [2.75, 3.05) is 20.8 Å². The van der Waals surface area contributed by atoms with E-state index in [4.69, 9.17) is 9.47 Å². The number of nitrogens with zero attached hydrogens (tertiary/aromatic N) is 5. The van der Waals surface area contributed by atoms with Crippen LogP contribution in [0.1, 0.15) is 28.8 Å². The maximum atomic E-state index is 12.8. The average Bonchev–Trinajstić information content (AvgIpc) is 3.11. The van der Waals surface area contributed by atoms with E-state index in [0.717, 1.165) is 11.3 Å². The van der Waals surface area contributed by atoms with Crippen LogP contribution in [0.4, 0.5) is 0 Å². The molecule has 0 aliphatic heterocycles. The fourth-order valence-electron chi connectivity index (χ4n) is 2.67. The highest BCUT2D eigenvalue weighted by molar-refractivity contribution is 5.90. The molecule has 0 radical (unpaired) electrons. The van der Waals surface area contributed by atoms with Crippen molar-refractivity contribution >= 4 is 11.7 Å². The van der Waals surface area contributed by atoms with Gasteiger partial charge in [-0.15, -0.1) is 5.10 Å². The number of fused-ring (bicyclic) bond motifs is 1. The van der Waals surface area contributed by atoms with Crippen LogP contribution in [0.25, 0.3) is 5.78 Å². The molecule has 0 N–H and O–H groups in total. The minimum atomic E-state index is -0.243. The normalized spacial score (nSPS) is 10.8. The number of ether oxygens (including phenoxy) is 2. The van der Waals surface area contributed by atoms with Crippen molar-refractivity contribution in [2.45, 2.75) is 20.4 Å². The summed E-state index contributed by atoms with van der Waals surface area (Å²) >= 11 is 0. The number of benzene rings is 1. The van der Waals surface area contributed by atoms with Gasteiger partial charge in [0.2, 0.25) is 5.82 Å². The Bertz CT molecular complexity index is 938. The van der Waals surface area contributed by atoms with Crippen LogP contribution in [0.15, 0.2) is 30.5 Å². The average molecular weight is 355 g/mol. The zero-order chi connectivity index (χ0) is 18.7. The lowest BCUT2D eigenvalue weighted by molar-refractivity contribution is 0.0740. The predicted molar refractivity (Wildman–Crippen MR) is 95.5 cm³/mol. The van der Waals surface area contributed by atoms with Gasteiger partial charge in [0.1, 0.15) is 0 Å². The number of aryl methyl sites for hydroxylation is 1. The number of carbonyl (C=O) groups excluding carboxylic acids is 1. The molecule has 0 aliphatic rings. The monoisotopic (exact) mass is 355 g/mol. The van der Waals surface area contributed by atoms with Crippen LogP contribution in [0.3, 0.4) is 0 Å². The largest absolute Gasteiger partial charge is 0.493 e. The standard InChI is InChI=1S/C18H21N5O3/c1-5-22(11-13-6-7-14(25-3)15(10-13)26-4)17(24)16-20-18-19-9-8-12(2)23(18)21-16/h6-10H,5,11H2,1-4H3. The van der Waals surface area contributed by atoms with Crippen LogP contribution in [-0.4, -0.2) is 51.2 Å². The van der Waals surface area contributed by atoms with E-state index in [1.165, 1.54) is 0 Å². The molecule has 0 saturated carbocycles. The molecular formula is C18H21N5O3. The highest BCUT2D eigenvalue weighted by Crippen LogP contribution is 2.28. The summed E-state index contributed by atoms with van der Waals surface area (Å²) in [6.07, 6.45) is 1.65. The second kappa shape index (κ2) is 7.38. The minimum absolute atomic E-state index is 0.133. The summed E-state index contributed by atoms with van der Waals surface area (Å²) in [5.41, 5.74) is 1.79. The van der Waals surface area contributed by atoms with Crippen molar-refractivity contribution < 1.29 is 14.3 Å². The Morgan fingerprint density at radius 1 is 1.19 bits per heavy atom. The van der Waals surface area contributed by atoms with E-state index >= 15 is 0 Å². The van der Waals surface area contributed by atoms with Crippen LogP contribution in [-0.2, 0) is 6.54 Å². The van der Waals surface area contributed by atoms with E-state index in [2.05, 4.69) is 15.1 Å². The van der Waals surface area contributed by atoms with E-state index in [-0.39, 0.29) is 11.7 Å². The molecule has 8 nitrogen and oxygen atoms in total. The van der Waals surface area contributed by atoms with Crippen molar-refractivity contribution in [3.8, 4) is 11.5 Å². The van der Waals surface area contributed by atoms with Crippen LogP contribution in [0.5, 0.6) is 11.5 Å². The van der Waals surface area contributed by atoms with Gasteiger partial charge in [-0.05, 0) is 37.6 Å². The Kier molecular flexibility index (Phi) is 5.01. The molecule has 2 aromatic heterocycles. The molecule has 0 fully saturated rings. The van der Waals surface area contributed by atoms with Crippen LogP contribution in [0, 0.1) is 6.92 Å². The van der Waals surface area contributed by atoms with Crippen LogP contribution < -0.4 is 9.47 Å². The zero-order valence-electron chi connectivity index (χ0n) is 15.3. The molecular weight excluding hydrogens is 334 g/mol. The van der Waals surface area contributed by atoms with Gasteiger partial charge >= 0.3 is 0 Å². The van der Waals surface area contributed by atoms with Crippen LogP contribution >= 0.6 is 0 Å². The van der Waals surface area contributed by atoms with Gasteiger partial charge in [-0.2, -0.15) is 4.98 Å². The van der Waals surface area contributed by atoms with Crippen molar-refractivity contribution in [1.29, 1.82) is 0 Å². The van der Waals surface area contributed by atoms with E-state index in [1.807, 2.05) is 38.1 Å². The van der Waals surface area contributed by atoms with Gasteiger partial charge in [0.25, 0.3) is 11.7 Å². The molecule has 3 aromatic rings. The Morgan fingerprint density at radius 2 is 1.96 bits per heavy atom. The topological polar surface area (TPSA) is 81.9 Å². The van der Waals surface area contributed by atoms with Gasteiger partial charge in [-0.25, -0.2) is 9.50 Å². The van der Waals surface area contributed by atoms with Crippen molar-refractivity contribution in [1.82, 2.24) is 24.5 Å². The van der Waals surface area contributed by atoms with Gasteiger partial charge < -0.3 is 14.4 Å². The minimum Gasteiger partial charge on any atom is -0.493 e. The molecule has 0 saturated heterocycles. The smallest absolute Gasteiger partial charge is 0.293 e. The van der Waals surface area contributed by atoms with Gasteiger partial charge in [0.15, 0.2) is 11.5 Å². The first kappa shape index (κ1) is 17.7. The molecule has 0 aliphatic carbocycles. The summed E-state index contributed by atoms with van der Waals surface area (Å²) in [4.78, 5) is 22.9. The van der Waals surface area contributed by atoms with Gasteiger partial charge in [0, 0.05) is 25.0 Å². The summed E-state index contributed by atoms with van der Waals surface area (Å²) in [5.74, 6) is 1.57. The number of amides is 1. The Labute approximate surface area is 151 Å². The summed E-state index contributed by atoms with van der Waals surface area (Å²) < 4.78 is 12.1. The Balaban J connectivity index is 1.85. The van der Waals surface area contributed by atoms with Gasteiger partial charge in [-0.3, -0.25) is 4.79 Å². The van der Waals surface area contributed by atoms with E-state index in [0.29, 0.717) is 30.4 Å². The van der Waals surface area contributed by atoms with Crippen molar-refractivity contribution in [2.24, 2.45) is 0 Å². The SMILES string of the molecule is CCN(Cc1ccc(OC)c(OC)c1)C(=O)c1nc2nccc(C)n2n1. The second-order valence-corrected chi connectivity index (χ2v) is 5.74. The third kappa shape index (κ3) is 3.30. The van der Waals surface area contributed by atoms with Gasteiger partial charge in [-0.1, -0.05) is 6.07 Å². The third-order valence-corrected chi connectivity index (χ3v) is 4.11. The maximum absolute atomic E-state index is 12.8. The van der Waals surface area contributed by atoms with E-state index in [1.54, 1.807) is 29.8 Å². The first-order valence-corrected chi connectivity index (χ1v) is 8.26. The first-order chi connectivity index (χ1) is 12.6. The molecule has 0 unspecified atom stereocenters. The maximum Gasteiger partial charge on any atom is 0.293 e. The molecule has 136 valence electrons. The lowest BCUT2D eigenvalue weighted by atomic mass is 10.2. The summed E-state index contributed by atoms with van der Waals surface area (Å²) in [5, 5.41) is 4.29. The number of aromatic nitrogens is 4. The molecule has 0 atom stereocenters. The summed E-state index contributed by atoms with van der Waals surface area (Å²) in [6, 6.07) is 7.40. The highest BCUT2D eigenvalue weighted by Gasteiger charge is 2.21. The molecule has 1 amide bonds. The second-order valence-electron chi connectivity index (χ2n) is 5.74. The number of methoxy groups -OCH3 is 2. The van der Waals surface area contributed by atoms with Crippen molar-refractivity contribution in [3.63, 3.8) is 0 Å². The fraction of sp³-hybridized carbons (Fsp3) is 0.333. The van der Waals surface area contributed by atoms with E-state index < -0.39 is 0 Å². The van der Waals surface area contributed by atoms with Crippen LogP contribution in [0.2, 0.25) is 0 Å². The van der Waals surface area contributed by atoms with Gasteiger partial charge in [0.05, 0.1) is 14.2 Å². The summed E-state index contributed by atoms with van der Waals surface area (Å²) in [7, 11) is 3.17. The molecule has 3 rings (SSSR count). The molecule has 1 aromatic carbocycles. The number of carbonyl (C=O) groups is 1. The third-order valence-electron chi connectivity index (χ3n) is 4.11. The molecule has 8 heteroatoms. The molecule has 26 heavy (non-hydrogen) atoms. The molecule has 0 spiro atoms. The molecule has 0 bridgehead atoms. The molecule has 2 heterocycles. The number of hydrogen-bond donors (Lipinski definition) is 0. The van der Waals surface area contributed by atoms with E-state index in [9.17, 15) is 4.79 Å². The quantitative estimate of drug-likeness (QED) is 0.674. The van der Waals surface area contributed by atoms with Crippen molar-refractivity contribution in [3.05, 3.63) is 47.5 Å².